The van der Waals surface area contributed by atoms with Gasteiger partial charge in [0.25, 0.3) is 0 Å². The van der Waals surface area contributed by atoms with Crippen molar-refractivity contribution >= 4 is 5.91 Å². The van der Waals surface area contributed by atoms with Crippen LogP contribution >= 0.6 is 0 Å². The summed E-state index contributed by atoms with van der Waals surface area (Å²) in [5.41, 5.74) is 0. The molecule has 1 aromatic rings. The molecule has 1 aromatic carbocycles. The van der Waals surface area contributed by atoms with E-state index in [2.05, 4.69) is 10.6 Å². The first-order chi connectivity index (χ1) is 10.3. The minimum Gasteiger partial charge on any atom is -0.494 e. The van der Waals surface area contributed by atoms with Crippen molar-refractivity contribution < 1.29 is 13.9 Å². The molecule has 0 aromatic heterocycles. The molecule has 2 rings (SSSR count). The summed E-state index contributed by atoms with van der Waals surface area (Å²) < 4.78 is 18.2. The number of halogens is 1. The van der Waals surface area contributed by atoms with E-state index in [9.17, 15) is 9.18 Å². The number of piperidine rings is 1. The molecule has 1 aliphatic rings. The molecule has 1 saturated heterocycles. The van der Waals surface area contributed by atoms with Gasteiger partial charge in [0.15, 0.2) is 0 Å². The Morgan fingerprint density at radius 3 is 2.86 bits per heavy atom. The third-order valence-corrected chi connectivity index (χ3v) is 3.62. The zero-order valence-corrected chi connectivity index (χ0v) is 12.2. The van der Waals surface area contributed by atoms with Gasteiger partial charge in [0.05, 0.1) is 12.5 Å². The quantitative estimate of drug-likeness (QED) is 0.757. The summed E-state index contributed by atoms with van der Waals surface area (Å²) in [5, 5.41) is 6.22. The normalized spacial score (nSPS) is 18.2. The van der Waals surface area contributed by atoms with E-state index in [0.717, 1.165) is 38.8 Å². The fourth-order valence-corrected chi connectivity index (χ4v) is 2.38. The fourth-order valence-electron chi connectivity index (χ4n) is 2.38. The van der Waals surface area contributed by atoms with E-state index in [1.54, 1.807) is 12.1 Å². The van der Waals surface area contributed by atoms with Crippen LogP contribution < -0.4 is 15.4 Å². The Morgan fingerprint density at radius 2 is 2.14 bits per heavy atom. The first-order valence-electron chi connectivity index (χ1n) is 7.62. The lowest BCUT2D eigenvalue weighted by molar-refractivity contribution is -0.125. The van der Waals surface area contributed by atoms with Gasteiger partial charge in [-0.15, -0.1) is 0 Å². The van der Waals surface area contributed by atoms with Crippen LogP contribution in [-0.2, 0) is 4.79 Å². The molecule has 0 aliphatic carbocycles. The average molecular weight is 294 g/mol. The topological polar surface area (TPSA) is 50.4 Å². The summed E-state index contributed by atoms with van der Waals surface area (Å²) in [7, 11) is 0. The smallest absolute Gasteiger partial charge is 0.224 e. The van der Waals surface area contributed by atoms with Gasteiger partial charge in [-0.1, -0.05) is 0 Å². The van der Waals surface area contributed by atoms with Crippen LogP contribution in [0.3, 0.4) is 0 Å². The van der Waals surface area contributed by atoms with Crippen molar-refractivity contribution in [2.24, 2.45) is 5.92 Å². The zero-order chi connectivity index (χ0) is 14.9. The average Bonchev–Trinajstić information content (AvgIpc) is 2.53. The van der Waals surface area contributed by atoms with Crippen molar-refractivity contribution in [1.82, 2.24) is 10.6 Å². The molecule has 5 heteroatoms. The van der Waals surface area contributed by atoms with Crippen LogP contribution in [0.5, 0.6) is 5.75 Å². The maximum atomic E-state index is 12.7. The van der Waals surface area contributed by atoms with Gasteiger partial charge in [0.1, 0.15) is 11.6 Å². The maximum Gasteiger partial charge on any atom is 0.224 e. The highest BCUT2D eigenvalue weighted by Gasteiger charge is 2.19. The lowest BCUT2D eigenvalue weighted by Crippen LogP contribution is -2.40. The minimum absolute atomic E-state index is 0.120. The lowest BCUT2D eigenvalue weighted by Gasteiger charge is -2.21. The lowest BCUT2D eigenvalue weighted by atomic mass is 9.99. The molecule has 4 nitrogen and oxygen atoms in total. The van der Waals surface area contributed by atoms with Crippen LogP contribution in [0, 0.1) is 11.7 Å². The van der Waals surface area contributed by atoms with E-state index in [1.807, 2.05) is 0 Å². The van der Waals surface area contributed by atoms with Gasteiger partial charge >= 0.3 is 0 Å². The molecule has 1 unspecified atom stereocenters. The highest BCUT2D eigenvalue weighted by molar-refractivity contribution is 5.78. The maximum absolute atomic E-state index is 12.7. The standard InChI is InChI=1S/C16H23FN2O2/c17-14-5-7-15(8-6-14)21-11-2-1-10-19-16(20)13-4-3-9-18-12-13/h5-8,13,18H,1-4,9-12H2,(H,19,20). The van der Waals surface area contributed by atoms with Crippen LogP contribution in [0.4, 0.5) is 4.39 Å². The second kappa shape index (κ2) is 8.62. The van der Waals surface area contributed by atoms with E-state index in [-0.39, 0.29) is 17.6 Å². The number of amides is 1. The van der Waals surface area contributed by atoms with Crippen molar-refractivity contribution in [2.45, 2.75) is 25.7 Å². The highest BCUT2D eigenvalue weighted by Crippen LogP contribution is 2.12. The van der Waals surface area contributed by atoms with Crippen LogP contribution in [0.25, 0.3) is 0 Å². The molecule has 0 saturated carbocycles. The van der Waals surface area contributed by atoms with Crippen molar-refractivity contribution in [3.63, 3.8) is 0 Å². The first kappa shape index (κ1) is 15.8. The Bertz CT molecular complexity index is 430. The number of hydrogen-bond donors (Lipinski definition) is 2. The molecule has 1 heterocycles. The molecule has 0 bridgehead atoms. The summed E-state index contributed by atoms with van der Waals surface area (Å²) >= 11 is 0. The van der Waals surface area contributed by atoms with Crippen molar-refractivity contribution in [1.29, 1.82) is 0 Å². The van der Waals surface area contributed by atoms with Crippen LogP contribution in [0.1, 0.15) is 25.7 Å². The molecule has 2 N–H and O–H groups in total. The molecule has 21 heavy (non-hydrogen) atoms. The molecule has 0 spiro atoms. The third-order valence-electron chi connectivity index (χ3n) is 3.62. The largest absolute Gasteiger partial charge is 0.494 e. The second-order valence-corrected chi connectivity index (χ2v) is 5.34. The van der Waals surface area contributed by atoms with E-state index in [0.29, 0.717) is 18.9 Å². The Kier molecular flexibility index (Phi) is 6.47. The number of unbranched alkanes of at least 4 members (excludes halogenated alkanes) is 1. The summed E-state index contributed by atoms with van der Waals surface area (Å²) in [5.74, 6) is 0.687. The van der Waals surface area contributed by atoms with Crippen LogP contribution in [0.2, 0.25) is 0 Å². The van der Waals surface area contributed by atoms with Crippen LogP contribution in [0.15, 0.2) is 24.3 Å². The predicted octanol–water partition coefficient (Wildman–Crippen LogP) is 2.10. The van der Waals surface area contributed by atoms with E-state index in [4.69, 9.17) is 4.74 Å². The number of benzene rings is 1. The van der Waals surface area contributed by atoms with Gasteiger partial charge in [-0.05, 0) is 56.5 Å². The predicted molar refractivity (Wildman–Crippen MR) is 79.7 cm³/mol. The number of rotatable bonds is 7. The number of nitrogens with one attached hydrogen (secondary N) is 2. The van der Waals surface area contributed by atoms with Gasteiger partial charge in [0.2, 0.25) is 5.91 Å². The highest BCUT2D eigenvalue weighted by atomic mass is 19.1. The van der Waals surface area contributed by atoms with Gasteiger partial charge in [0, 0.05) is 13.1 Å². The van der Waals surface area contributed by atoms with E-state index >= 15 is 0 Å². The van der Waals surface area contributed by atoms with Gasteiger partial charge < -0.3 is 15.4 Å². The van der Waals surface area contributed by atoms with Crippen molar-refractivity contribution in [2.75, 3.05) is 26.2 Å². The number of carbonyl (C=O) groups is 1. The molecule has 1 atom stereocenters. The van der Waals surface area contributed by atoms with Crippen molar-refractivity contribution in [3.05, 3.63) is 30.1 Å². The van der Waals surface area contributed by atoms with Gasteiger partial charge in [-0.2, -0.15) is 0 Å². The molecular weight excluding hydrogens is 271 g/mol. The Labute approximate surface area is 125 Å². The Balaban J connectivity index is 1.51. The molecule has 1 fully saturated rings. The Hall–Kier alpha value is -1.62. The second-order valence-electron chi connectivity index (χ2n) is 5.34. The molecule has 1 aliphatic heterocycles. The summed E-state index contributed by atoms with van der Waals surface area (Å²) in [6.07, 6.45) is 3.80. The number of ether oxygens (including phenoxy) is 1. The summed E-state index contributed by atoms with van der Waals surface area (Å²) in [4.78, 5) is 11.9. The summed E-state index contributed by atoms with van der Waals surface area (Å²) in [6, 6.07) is 6.00. The molecule has 0 radical (unpaired) electrons. The zero-order valence-electron chi connectivity index (χ0n) is 12.2. The molecule has 1 amide bonds. The SMILES string of the molecule is O=C(NCCCCOc1ccc(F)cc1)C1CCCNC1. The van der Waals surface area contributed by atoms with E-state index < -0.39 is 0 Å². The molecular formula is C16H23FN2O2. The van der Waals surface area contributed by atoms with E-state index in [1.165, 1.54) is 12.1 Å². The van der Waals surface area contributed by atoms with Gasteiger partial charge in [-0.25, -0.2) is 4.39 Å². The Morgan fingerprint density at radius 1 is 1.33 bits per heavy atom. The third kappa shape index (κ3) is 5.71. The number of hydrogen-bond acceptors (Lipinski definition) is 3. The molecule has 116 valence electrons. The van der Waals surface area contributed by atoms with Gasteiger partial charge in [-0.3, -0.25) is 4.79 Å². The minimum atomic E-state index is -0.262. The summed E-state index contributed by atoms with van der Waals surface area (Å²) in [6.45, 7) is 3.07. The van der Waals surface area contributed by atoms with Crippen molar-refractivity contribution in [3.8, 4) is 5.75 Å². The van der Waals surface area contributed by atoms with Crippen LogP contribution in [-0.4, -0.2) is 32.1 Å². The fraction of sp³-hybridized carbons (Fsp3) is 0.562. The number of carbonyl (C=O) groups excluding carboxylic acids is 1. The monoisotopic (exact) mass is 294 g/mol. The first-order valence-corrected chi connectivity index (χ1v) is 7.62.